The monoisotopic (exact) mass is 402 g/mol. The van der Waals surface area contributed by atoms with Crippen LogP contribution in [0.15, 0.2) is 22.2 Å². The number of aromatic nitrogens is 2. The van der Waals surface area contributed by atoms with Gasteiger partial charge in [0.05, 0.1) is 0 Å². The van der Waals surface area contributed by atoms with Crippen molar-refractivity contribution in [2.75, 3.05) is 6.61 Å². The van der Waals surface area contributed by atoms with Crippen LogP contribution in [0.1, 0.15) is 26.5 Å². The highest BCUT2D eigenvalue weighted by Gasteiger charge is 2.60. The molecule has 5 atom stereocenters. The largest absolute Gasteiger partial charge is 0.462 e. The second-order valence-electron chi connectivity index (χ2n) is 6.35. The summed E-state index contributed by atoms with van der Waals surface area (Å²) in [4.78, 5) is 29.6. The van der Waals surface area contributed by atoms with Crippen LogP contribution in [0.2, 0.25) is 0 Å². The topological polar surface area (TPSA) is 165 Å². The van der Waals surface area contributed by atoms with Crippen LogP contribution in [0, 0.1) is 5.92 Å². The van der Waals surface area contributed by atoms with Crippen molar-refractivity contribution < 1.29 is 28.2 Å². The zero-order chi connectivity index (χ0) is 21.1. The van der Waals surface area contributed by atoms with Crippen LogP contribution in [0.25, 0.3) is 10.4 Å². The second-order valence-corrected chi connectivity index (χ2v) is 6.35. The van der Waals surface area contributed by atoms with Crippen LogP contribution in [0.4, 0.5) is 14.6 Å². The van der Waals surface area contributed by atoms with Gasteiger partial charge in [0.25, 0.3) is 0 Å². The molecule has 1 aromatic heterocycles. The van der Waals surface area contributed by atoms with E-state index in [1.807, 2.05) is 6.92 Å². The van der Waals surface area contributed by atoms with Gasteiger partial charge in [-0.3, -0.25) is 9.36 Å². The average molecular weight is 402 g/mol. The summed E-state index contributed by atoms with van der Waals surface area (Å²) in [6.45, 7) is 2.89. The third-order valence-corrected chi connectivity index (χ3v) is 4.51. The molecule has 0 amide bonds. The number of nitrogens with zero attached hydrogens (tertiary/aromatic N) is 5. The lowest BCUT2D eigenvalue weighted by atomic mass is 10.0. The molecule has 2 heterocycles. The number of esters is 1. The molecule has 1 saturated heterocycles. The highest BCUT2D eigenvalue weighted by molar-refractivity contribution is 5.75. The molecular weight excluding hydrogens is 382 g/mol. The van der Waals surface area contributed by atoms with E-state index < -0.39 is 48.7 Å². The normalized spacial score (nSPS) is 25.6. The number of carbonyl (C=O) groups is 1. The van der Waals surface area contributed by atoms with Gasteiger partial charge in [0, 0.05) is 11.1 Å². The van der Waals surface area contributed by atoms with Crippen molar-refractivity contribution in [3.8, 4) is 0 Å². The summed E-state index contributed by atoms with van der Waals surface area (Å²) in [5, 5.41) is 13.0. The molecule has 13 heteroatoms. The number of rotatable bonds is 7. The number of hydrogen-bond donors (Lipinski definition) is 2. The van der Waals surface area contributed by atoms with Gasteiger partial charge in [0.15, 0.2) is 6.10 Å². The number of halogens is 2. The standard InChI is InChI=1S/C15H20F2N6O5/c1-3-7(2)10(18)12(25)27-6-8-11(24)15(16,17)13(28-8)23-5-4-9(21-22-19)20-14(23)26/h4-5,7-8,10-11,13,24H,3,6,18H2,1-2H3/t7-,8+,10+,11+,13?/m0/s1. The van der Waals surface area contributed by atoms with Crippen molar-refractivity contribution >= 4 is 11.8 Å². The molecule has 0 spiro atoms. The lowest BCUT2D eigenvalue weighted by Crippen LogP contribution is -2.43. The minimum atomic E-state index is -3.87. The van der Waals surface area contributed by atoms with Crippen LogP contribution in [0.3, 0.4) is 0 Å². The number of aliphatic hydroxyl groups excluding tert-OH is 1. The molecule has 0 aromatic carbocycles. The Balaban J connectivity index is 2.15. The molecule has 2 rings (SSSR count). The average Bonchev–Trinajstić information content (AvgIpc) is 2.88. The number of carbonyl (C=O) groups excluding carboxylic acids is 1. The van der Waals surface area contributed by atoms with Crippen LogP contribution < -0.4 is 11.4 Å². The van der Waals surface area contributed by atoms with E-state index in [1.165, 1.54) is 0 Å². The van der Waals surface area contributed by atoms with Crippen molar-refractivity contribution in [3.05, 3.63) is 33.2 Å². The fourth-order valence-electron chi connectivity index (χ4n) is 2.54. The number of aliphatic hydroxyl groups is 1. The molecule has 28 heavy (non-hydrogen) atoms. The fourth-order valence-corrected chi connectivity index (χ4v) is 2.54. The smallest absolute Gasteiger partial charge is 0.350 e. The first-order valence-electron chi connectivity index (χ1n) is 8.41. The number of hydrogen-bond acceptors (Lipinski definition) is 8. The Morgan fingerprint density at radius 1 is 1.64 bits per heavy atom. The van der Waals surface area contributed by atoms with Gasteiger partial charge in [-0.25, -0.2) is 4.79 Å². The third kappa shape index (κ3) is 4.28. The zero-order valence-corrected chi connectivity index (χ0v) is 15.1. The van der Waals surface area contributed by atoms with E-state index in [4.69, 9.17) is 20.7 Å². The summed E-state index contributed by atoms with van der Waals surface area (Å²) in [5.41, 5.74) is 12.9. The van der Waals surface area contributed by atoms with E-state index in [2.05, 4.69) is 15.0 Å². The molecule has 1 aliphatic heterocycles. The molecule has 11 nitrogen and oxygen atoms in total. The number of nitrogens with two attached hydrogens (primary N) is 1. The molecule has 154 valence electrons. The number of ether oxygens (including phenoxy) is 2. The van der Waals surface area contributed by atoms with Crippen LogP contribution in [-0.2, 0) is 14.3 Å². The lowest BCUT2D eigenvalue weighted by Gasteiger charge is -2.20. The van der Waals surface area contributed by atoms with E-state index in [9.17, 15) is 23.5 Å². The number of azide groups is 1. The second kappa shape index (κ2) is 8.61. The van der Waals surface area contributed by atoms with E-state index in [1.54, 1.807) is 6.92 Å². The quantitative estimate of drug-likeness (QED) is 0.297. The molecule has 0 radical (unpaired) electrons. The third-order valence-electron chi connectivity index (χ3n) is 4.51. The first-order chi connectivity index (χ1) is 13.1. The Hall–Kier alpha value is -2.60. The number of alkyl halides is 2. The Morgan fingerprint density at radius 3 is 2.89 bits per heavy atom. The maximum atomic E-state index is 14.4. The van der Waals surface area contributed by atoms with Crippen LogP contribution >= 0.6 is 0 Å². The van der Waals surface area contributed by atoms with Crippen molar-refractivity contribution in [2.24, 2.45) is 16.8 Å². The van der Waals surface area contributed by atoms with Gasteiger partial charge in [-0.1, -0.05) is 20.3 Å². The summed E-state index contributed by atoms with van der Waals surface area (Å²) in [6, 6.07) is 0.0887. The van der Waals surface area contributed by atoms with Gasteiger partial charge >= 0.3 is 17.6 Å². The van der Waals surface area contributed by atoms with E-state index in [0.29, 0.717) is 11.0 Å². The molecule has 3 N–H and O–H groups in total. The van der Waals surface area contributed by atoms with E-state index in [0.717, 1.165) is 12.3 Å². The first kappa shape index (κ1) is 21.7. The molecule has 0 bridgehead atoms. The minimum absolute atomic E-state index is 0.185. The fraction of sp³-hybridized carbons (Fsp3) is 0.667. The predicted octanol–water partition coefficient (Wildman–Crippen LogP) is 0.995. The maximum Gasteiger partial charge on any atom is 0.350 e. The zero-order valence-electron chi connectivity index (χ0n) is 15.1. The van der Waals surface area contributed by atoms with Crippen molar-refractivity contribution in [1.82, 2.24) is 9.55 Å². The van der Waals surface area contributed by atoms with Gasteiger partial charge < -0.3 is 20.3 Å². The Labute approximate surface area is 157 Å². The predicted molar refractivity (Wildman–Crippen MR) is 90.6 cm³/mol. The van der Waals surface area contributed by atoms with Gasteiger partial charge in [-0.05, 0) is 22.6 Å². The highest BCUT2D eigenvalue weighted by Crippen LogP contribution is 2.42. The summed E-state index contributed by atoms with van der Waals surface area (Å²) in [6.07, 6.45) is -4.60. The van der Waals surface area contributed by atoms with E-state index >= 15 is 0 Å². The van der Waals surface area contributed by atoms with Gasteiger partial charge in [-0.2, -0.15) is 13.8 Å². The van der Waals surface area contributed by atoms with Gasteiger partial charge in [-0.15, -0.1) is 0 Å². The molecule has 1 fully saturated rings. The van der Waals surface area contributed by atoms with Gasteiger partial charge in [0.1, 0.15) is 24.6 Å². The maximum absolute atomic E-state index is 14.4. The molecule has 0 aliphatic carbocycles. The first-order valence-corrected chi connectivity index (χ1v) is 8.41. The summed E-state index contributed by atoms with van der Waals surface area (Å²) in [7, 11) is 0. The summed E-state index contributed by atoms with van der Waals surface area (Å²) in [5.74, 6) is -5.18. The summed E-state index contributed by atoms with van der Waals surface area (Å²) >= 11 is 0. The van der Waals surface area contributed by atoms with Crippen molar-refractivity contribution in [2.45, 2.75) is 50.7 Å². The van der Waals surface area contributed by atoms with Crippen molar-refractivity contribution in [3.63, 3.8) is 0 Å². The Kier molecular flexibility index (Phi) is 6.67. The molecule has 1 aromatic rings. The molecule has 0 saturated carbocycles. The van der Waals surface area contributed by atoms with Gasteiger partial charge in [0.2, 0.25) is 6.23 Å². The molecule has 1 unspecified atom stereocenters. The SMILES string of the molecule is CC[C@H](C)[C@@H](N)C(=O)OC[C@H]1OC(n2ccc(N=[N+]=[N-])nc2=O)C(F)(F)[C@@H]1O. The van der Waals surface area contributed by atoms with Crippen molar-refractivity contribution in [1.29, 1.82) is 0 Å². The lowest BCUT2D eigenvalue weighted by molar-refractivity contribution is -0.153. The Morgan fingerprint density at radius 2 is 2.32 bits per heavy atom. The van der Waals surface area contributed by atoms with Crippen LogP contribution in [0.5, 0.6) is 0 Å². The van der Waals surface area contributed by atoms with E-state index in [-0.39, 0.29) is 11.7 Å². The van der Waals surface area contributed by atoms with Crippen LogP contribution in [-0.4, -0.2) is 51.4 Å². The molecule has 1 aliphatic rings. The summed E-state index contributed by atoms with van der Waals surface area (Å²) < 4.78 is 39.3. The Bertz CT molecular complexity index is 827. The highest BCUT2D eigenvalue weighted by atomic mass is 19.3. The molecular formula is C15H20F2N6O5. The minimum Gasteiger partial charge on any atom is -0.462 e.